The molecule has 0 aliphatic rings. The number of halogens is 1. The van der Waals surface area contributed by atoms with Crippen molar-refractivity contribution in [3.63, 3.8) is 0 Å². The van der Waals surface area contributed by atoms with E-state index in [1.807, 2.05) is 0 Å². The third-order valence-corrected chi connectivity index (χ3v) is 2.61. The largest absolute Gasteiger partial charge is 0.326 e. The molecule has 0 aliphatic heterocycles. The number of rotatable bonds is 3. The zero-order valence-corrected chi connectivity index (χ0v) is 11.3. The first-order valence-corrected chi connectivity index (χ1v) is 6.10. The molecule has 0 bridgehead atoms. The fourth-order valence-corrected chi connectivity index (χ4v) is 1.59. The van der Waals surface area contributed by atoms with Gasteiger partial charge in [-0.2, -0.15) is 0 Å². The lowest BCUT2D eigenvalue weighted by Crippen LogP contribution is -2.20. The van der Waals surface area contributed by atoms with Gasteiger partial charge in [0.1, 0.15) is 5.15 Å². The van der Waals surface area contributed by atoms with Crippen LogP contribution < -0.4 is 10.6 Å². The van der Waals surface area contributed by atoms with Crippen molar-refractivity contribution in [1.82, 2.24) is 9.97 Å². The van der Waals surface area contributed by atoms with Crippen LogP contribution in [0.25, 0.3) is 0 Å². The van der Waals surface area contributed by atoms with Crippen LogP contribution in [0.15, 0.2) is 36.5 Å². The third-order valence-electron chi connectivity index (χ3n) is 2.40. The minimum atomic E-state index is -0.497. The van der Waals surface area contributed by atoms with E-state index in [2.05, 4.69) is 20.6 Å². The Kier molecular flexibility index (Phi) is 4.27. The number of nitrogens with zero attached hydrogens (tertiary/aromatic N) is 2. The summed E-state index contributed by atoms with van der Waals surface area (Å²) in [6.07, 6.45) is 1.44. The Hall–Kier alpha value is -2.47. The summed E-state index contributed by atoms with van der Waals surface area (Å²) in [5.41, 5.74) is 1.13. The number of carbonyl (C=O) groups excluding carboxylic acids is 2. The van der Waals surface area contributed by atoms with Crippen molar-refractivity contribution in [2.45, 2.75) is 6.92 Å². The Bertz CT molecular complexity index is 643. The molecule has 1 aromatic carbocycles. The number of hydrogen-bond donors (Lipinski definition) is 2. The summed E-state index contributed by atoms with van der Waals surface area (Å²) in [5, 5.41) is 5.27. The van der Waals surface area contributed by atoms with Gasteiger partial charge in [-0.25, -0.2) is 14.8 Å². The highest BCUT2D eigenvalue weighted by atomic mass is 35.5. The van der Waals surface area contributed by atoms with Crippen LogP contribution in [0.1, 0.15) is 17.3 Å². The molecule has 0 atom stereocenters. The normalized spacial score (nSPS) is 9.90. The number of nitrogens with one attached hydrogen (secondary N) is 2. The summed E-state index contributed by atoms with van der Waals surface area (Å²) >= 11 is 5.68. The number of amides is 2. The first-order valence-electron chi connectivity index (χ1n) is 5.72. The van der Waals surface area contributed by atoms with E-state index in [1.165, 1.54) is 19.2 Å². The van der Waals surface area contributed by atoms with Crippen LogP contribution in [-0.4, -0.2) is 21.8 Å². The lowest BCUT2D eigenvalue weighted by molar-refractivity contribution is 0.101. The second-order valence-corrected chi connectivity index (χ2v) is 4.30. The number of ketones is 1. The molecule has 0 fully saturated rings. The van der Waals surface area contributed by atoms with Gasteiger partial charge in [0.25, 0.3) is 0 Å². The number of urea groups is 1. The summed E-state index contributed by atoms with van der Waals surface area (Å²) in [4.78, 5) is 30.5. The number of carbonyl (C=O) groups is 2. The number of hydrogen-bond acceptors (Lipinski definition) is 4. The van der Waals surface area contributed by atoms with E-state index in [1.54, 1.807) is 24.3 Å². The molecule has 0 spiro atoms. The van der Waals surface area contributed by atoms with Gasteiger partial charge in [-0.1, -0.05) is 11.6 Å². The van der Waals surface area contributed by atoms with E-state index in [4.69, 9.17) is 11.6 Å². The average Bonchev–Trinajstić information content (AvgIpc) is 2.39. The Morgan fingerprint density at radius 1 is 1.10 bits per heavy atom. The summed E-state index contributed by atoms with van der Waals surface area (Å²) in [6.45, 7) is 1.48. The topological polar surface area (TPSA) is 84.0 Å². The summed E-state index contributed by atoms with van der Waals surface area (Å²) < 4.78 is 0. The van der Waals surface area contributed by atoms with E-state index >= 15 is 0 Å². The van der Waals surface area contributed by atoms with Gasteiger partial charge in [0.2, 0.25) is 5.95 Å². The van der Waals surface area contributed by atoms with E-state index in [0.29, 0.717) is 11.3 Å². The predicted octanol–water partition coefficient (Wildman–Crippen LogP) is 2.98. The van der Waals surface area contributed by atoms with Crippen molar-refractivity contribution in [2.24, 2.45) is 0 Å². The Morgan fingerprint density at radius 3 is 2.40 bits per heavy atom. The van der Waals surface area contributed by atoms with Crippen molar-refractivity contribution >= 4 is 35.1 Å². The lowest BCUT2D eigenvalue weighted by atomic mass is 10.1. The summed E-state index contributed by atoms with van der Waals surface area (Å²) in [7, 11) is 0. The average molecular weight is 291 g/mol. The zero-order chi connectivity index (χ0) is 14.5. The van der Waals surface area contributed by atoms with Crippen LogP contribution in [-0.2, 0) is 0 Å². The van der Waals surface area contributed by atoms with Gasteiger partial charge < -0.3 is 5.32 Å². The molecule has 0 unspecified atom stereocenters. The van der Waals surface area contributed by atoms with Crippen LogP contribution >= 0.6 is 11.6 Å². The summed E-state index contributed by atoms with van der Waals surface area (Å²) in [6, 6.07) is 7.54. The lowest BCUT2D eigenvalue weighted by Gasteiger charge is -2.06. The van der Waals surface area contributed by atoms with E-state index < -0.39 is 6.03 Å². The molecule has 0 saturated heterocycles. The second-order valence-electron chi connectivity index (χ2n) is 3.92. The predicted molar refractivity (Wildman–Crippen MR) is 76.1 cm³/mol. The standard InChI is InChI=1S/C13H11ClN4O2/c1-8(19)9-2-4-10(5-3-9)16-13(20)18-12-15-7-6-11(14)17-12/h2-7H,1H3,(H2,15,16,17,18,20). The molecule has 2 aromatic rings. The maximum absolute atomic E-state index is 11.7. The molecule has 2 rings (SSSR count). The monoisotopic (exact) mass is 290 g/mol. The van der Waals surface area contributed by atoms with Gasteiger partial charge in [-0.05, 0) is 37.3 Å². The van der Waals surface area contributed by atoms with Crippen molar-refractivity contribution in [3.05, 3.63) is 47.2 Å². The van der Waals surface area contributed by atoms with E-state index in [9.17, 15) is 9.59 Å². The smallest absolute Gasteiger partial charge is 0.308 e. The molecule has 20 heavy (non-hydrogen) atoms. The highest BCUT2D eigenvalue weighted by Gasteiger charge is 2.05. The van der Waals surface area contributed by atoms with Gasteiger partial charge >= 0.3 is 6.03 Å². The highest BCUT2D eigenvalue weighted by Crippen LogP contribution is 2.11. The SMILES string of the molecule is CC(=O)c1ccc(NC(=O)Nc2nccc(Cl)n2)cc1. The van der Waals surface area contributed by atoms with Gasteiger partial charge in [-0.3, -0.25) is 10.1 Å². The number of benzene rings is 1. The molecule has 0 aliphatic carbocycles. The van der Waals surface area contributed by atoms with Crippen LogP contribution in [0.3, 0.4) is 0 Å². The molecule has 2 N–H and O–H groups in total. The fraction of sp³-hybridized carbons (Fsp3) is 0.0769. The molecule has 7 heteroatoms. The zero-order valence-electron chi connectivity index (χ0n) is 10.6. The second kappa shape index (κ2) is 6.12. The number of aromatic nitrogens is 2. The maximum Gasteiger partial charge on any atom is 0.326 e. The van der Waals surface area contributed by atoms with Crippen LogP contribution in [0.4, 0.5) is 16.4 Å². The first-order chi connectivity index (χ1) is 9.54. The Balaban J connectivity index is 1.99. The molecular weight excluding hydrogens is 280 g/mol. The molecule has 6 nitrogen and oxygen atoms in total. The molecule has 1 heterocycles. The third kappa shape index (κ3) is 3.76. The Morgan fingerprint density at radius 2 is 1.80 bits per heavy atom. The van der Waals surface area contributed by atoms with E-state index in [-0.39, 0.29) is 16.9 Å². The minimum absolute atomic E-state index is 0.0340. The Labute approximate surface area is 120 Å². The molecule has 0 saturated carbocycles. The van der Waals surface area contributed by atoms with Gasteiger partial charge in [-0.15, -0.1) is 0 Å². The van der Waals surface area contributed by atoms with Crippen LogP contribution in [0, 0.1) is 0 Å². The van der Waals surface area contributed by atoms with Crippen molar-refractivity contribution in [1.29, 1.82) is 0 Å². The number of anilines is 2. The maximum atomic E-state index is 11.7. The van der Waals surface area contributed by atoms with Gasteiger partial charge in [0.15, 0.2) is 5.78 Å². The van der Waals surface area contributed by atoms with Crippen LogP contribution in [0.5, 0.6) is 0 Å². The fourth-order valence-electron chi connectivity index (χ4n) is 1.45. The highest BCUT2D eigenvalue weighted by molar-refractivity contribution is 6.29. The first kappa shape index (κ1) is 14.0. The van der Waals surface area contributed by atoms with Crippen molar-refractivity contribution < 1.29 is 9.59 Å². The van der Waals surface area contributed by atoms with Gasteiger partial charge in [0, 0.05) is 17.4 Å². The van der Waals surface area contributed by atoms with Crippen molar-refractivity contribution in [2.75, 3.05) is 10.6 Å². The quantitative estimate of drug-likeness (QED) is 0.672. The minimum Gasteiger partial charge on any atom is -0.308 e. The molecule has 0 radical (unpaired) electrons. The summed E-state index contributed by atoms with van der Waals surface area (Å²) in [5.74, 6) is 0.0729. The molecule has 2 amide bonds. The van der Waals surface area contributed by atoms with Crippen LogP contribution in [0.2, 0.25) is 5.15 Å². The molecule has 1 aromatic heterocycles. The van der Waals surface area contributed by atoms with Crippen molar-refractivity contribution in [3.8, 4) is 0 Å². The number of Topliss-reactive ketones (excluding diaryl/α,β-unsaturated/α-hetero) is 1. The molecular formula is C13H11ClN4O2. The van der Waals surface area contributed by atoms with E-state index in [0.717, 1.165) is 0 Å². The van der Waals surface area contributed by atoms with Gasteiger partial charge in [0.05, 0.1) is 0 Å². The molecule has 102 valence electrons.